The Hall–Kier alpha value is -2.33. The lowest BCUT2D eigenvalue weighted by Crippen LogP contribution is -2.05. The summed E-state index contributed by atoms with van der Waals surface area (Å²) in [6, 6.07) is 12.0. The molecule has 23 heavy (non-hydrogen) atoms. The van der Waals surface area contributed by atoms with Crippen molar-refractivity contribution in [3.63, 3.8) is 0 Å². The number of benzene rings is 1. The number of aliphatic hydroxyl groups is 1. The first kappa shape index (κ1) is 15.6. The molecule has 0 amide bonds. The third-order valence-electron chi connectivity index (χ3n) is 4.09. The third kappa shape index (κ3) is 3.08. The monoisotopic (exact) mass is 310 g/mol. The highest BCUT2D eigenvalue weighted by atomic mass is 16.5. The molecule has 0 aliphatic rings. The van der Waals surface area contributed by atoms with Gasteiger partial charge in [0.05, 0.1) is 24.6 Å². The van der Waals surface area contributed by atoms with Crippen LogP contribution in [0.5, 0.6) is 5.75 Å². The average Bonchev–Trinajstić information content (AvgIpc) is 2.91. The molecule has 0 fully saturated rings. The third-order valence-corrected chi connectivity index (χ3v) is 4.09. The lowest BCUT2D eigenvalue weighted by molar-refractivity contribution is 0.167. The molecule has 0 aliphatic carbocycles. The van der Waals surface area contributed by atoms with E-state index in [9.17, 15) is 5.11 Å². The van der Waals surface area contributed by atoms with Gasteiger partial charge in [0, 0.05) is 12.6 Å². The molecule has 120 valence electrons. The molecule has 3 aromatic rings. The predicted octanol–water partition coefficient (Wildman–Crippen LogP) is 3.69. The number of aliphatic hydroxyl groups excluding tert-OH is 1. The summed E-state index contributed by atoms with van der Waals surface area (Å²) in [5.74, 6) is 0.833. The van der Waals surface area contributed by atoms with Crippen molar-refractivity contribution in [1.29, 1.82) is 0 Å². The smallest absolute Gasteiger partial charge is 0.137 e. The topological polar surface area (TPSA) is 46.8 Å². The van der Waals surface area contributed by atoms with Crippen molar-refractivity contribution < 1.29 is 9.84 Å². The molecular formula is C19H22N2O2. The number of hydrogen-bond donors (Lipinski definition) is 1. The van der Waals surface area contributed by atoms with Crippen molar-refractivity contribution in [2.75, 3.05) is 7.11 Å². The molecule has 4 nitrogen and oxygen atoms in total. The van der Waals surface area contributed by atoms with E-state index in [4.69, 9.17) is 9.72 Å². The molecule has 0 saturated heterocycles. The number of methoxy groups -OCH3 is 1. The fourth-order valence-electron chi connectivity index (χ4n) is 2.87. The first-order valence-electron chi connectivity index (χ1n) is 7.91. The van der Waals surface area contributed by atoms with Crippen molar-refractivity contribution in [3.8, 4) is 5.75 Å². The zero-order valence-corrected chi connectivity index (χ0v) is 13.8. The van der Waals surface area contributed by atoms with Crippen molar-refractivity contribution in [2.45, 2.75) is 32.8 Å². The number of rotatable bonds is 5. The minimum absolute atomic E-state index is 0.521. The Bertz CT molecular complexity index is 823. The van der Waals surface area contributed by atoms with Gasteiger partial charge in [-0.1, -0.05) is 25.1 Å². The summed E-state index contributed by atoms with van der Waals surface area (Å²) in [5.41, 5.74) is 4.93. The van der Waals surface area contributed by atoms with Crippen LogP contribution in [0.15, 0.2) is 42.6 Å². The van der Waals surface area contributed by atoms with Crippen molar-refractivity contribution >= 4 is 5.65 Å². The minimum atomic E-state index is -0.521. The maximum absolute atomic E-state index is 10.5. The Balaban J connectivity index is 2.08. The second-order valence-corrected chi connectivity index (χ2v) is 5.83. The summed E-state index contributed by atoms with van der Waals surface area (Å²) in [6.45, 7) is 4.03. The first-order chi connectivity index (χ1) is 11.1. The summed E-state index contributed by atoms with van der Waals surface area (Å²) in [7, 11) is 1.67. The van der Waals surface area contributed by atoms with Crippen LogP contribution in [0.2, 0.25) is 0 Å². The van der Waals surface area contributed by atoms with Gasteiger partial charge in [-0.2, -0.15) is 0 Å². The summed E-state index contributed by atoms with van der Waals surface area (Å²) < 4.78 is 7.30. The van der Waals surface area contributed by atoms with E-state index in [0.717, 1.165) is 33.9 Å². The summed E-state index contributed by atoms with van der Waals surface area (Å²) >= 11 is 0. The van der Waals surface area contributed by atoms with E-state index >= 15 is 0 Å². The zero-order chi connectivity index (χ0) is 16.4. The summed E-state index contributed by atoms with van der Waals surface area (Å²) in [5, 5.41) is 10.5. The number of aromatic nitrogens is 2. The van der Waals surface area contributed by atoms with Gasteiger partial charge in [-0.25, -0.2) is 4.98 Å². The van der Waals surface area contributed by atoms with Crippen LogP contribution < -0.4 is 4.74 Å². The maximum Gasteiger partial charge on any atom is 0.137 e. The van der Waals surface area contributed by atoms with Gasteiger partial charge in [0.2, 0.25) is 0 Å². The van der Waals surface area contributed by atoms with Crippen molar-refractivity contribution in [1.82, 2.24) is 9.38 Å². The van der Waals surface area contributed by atoms with E-state index < -0.39 is 6.10 Å². The Morgan fingerprint density at radius 1 is 1.26 bits per heavy atom. The molecule has 2 heterocycles. The van der Waals surface area contributed by atoms with E-state index in [0.29, 0.717) is 12.8 Å². The highest BCUT2D eigenvalue weighted by Crippen LogP contribution is 2.26. The van der Waals surface area contributed by atoms with Gasteiger partial charge in [-0.15, -0.1) is 0 Å². The Labute approximate surface area is 136 Å². The van der Waals surface area contributed by atoms with Gasteiger partial charge in [0.15, 0.2) is 0 Å². The van der Waals surface area contributed by atoms with E-state index in [1.165, 1.54) is 0 Å². The van der Waals surface area contributed by atoms with Crippen LogP contribution in [0, 0.1) is 6.92 Å². The number of pyridine rings is 1. The molecule has 3 rings (SSSR count). The number of imidazole rings is 1. The molecule has 1 aromatic carbocycles. The molecule has 1 atom stereocenters. The zero-order valence-electron chi connectivity index (χ0n) is 13.8. The highest BCUT2D eigenvalue weighted by molar-refractivity contribution is 5.46. The quantitative estimate of drug-likeness (QED) is 0.782. The molecule has 0 radical (unpaired) electrons. The number of ether oxygens (including phenoxy) is 1. The van der Waals surface area contributed by atoms with Crippen molar-refractivity contribution in [2.24, 2.45) is 0 Å². The lowest BCUT2D eigenvalue weighted by atomic mass is 10.0. The molecule has 4 heteroatoms. The second-order valence-electron chi connectivity index (χ2n) is 5.83. The summed E-state index contributed by atoms with van der Waals surface area (Å²) in [6.07, 6.45) is 2.84. The summed E-state index contributed by atoms with van der Waals surface area (Å²) in [4.78, 5) is 4.74. The Morgan fingerprint density at radius 2 is 2.09 bits per heavy atom. The number of nitrogens with zero attached hydrogens (tertiary/aromatic N) is 2. The van der Waals surface area contributed by atoms with E-state index in [2.05, 4.69) is 6.07 Å². The van der Waals surface area contributed by atoms with Crippen LogP contribution in [0.25, 0.3) is 5.65 Å². The van der Waals surface area contributed by atoms with Gasteiger partial charge < -0.3 is 14.2 Å². The Kier molecular flexibility index (Phi) is 4.35. The second kappa shape index (κ2) is 6.42. The minimum Gasteiger partial charge on any atom is -0.497 e. The van der Waals surface area contributed by atoms with Crippen LogP contribution in [-0.4, -0.2) is 21.6 Å². The van der Waals surface area contributed by atoms with Gasteiger partial charge in [0.25, 0.3) is 0 Å². The molecule has 0 bridgehead atoms. The van der Waals surface area contributed by atoms with Gasteiger partial charge in [-0.05, 0) is 42.7 Å². The fraction of sp³-hybridized carbons (Fsp3) is 0.316. The van der Waals surface area contributed by atoms with E-state index in [1.54, 1.807) is 7.11 Å². The normalized spacial score (nSPS) is 12.5. The van der Waals surface area contributed by atoms with Crippen LogP contribution in [0.4, 0.5) is 0 Å². The molecular weight excluding hydrogens is 288 g/mol. The average molecular weight is 310 g/mol. The van der Waals surface area contributed by atoms with E-state index in [-0.39, 0.29) is 0 Å². The van der Waals surface area contributed by atoms with Gasteiger partial charge in [-0.3, -0.25) is 0 Å². The van der Waals surface area contributed by atoms with Crippen molar-refractivity contribution in [3.05, 3.63) is 65.1 Å². The van der Waals surface area contributed by atoms with Gasteiger partial charge >= 0.3 is 0 Å². The molecule has 0 aliphatic heterocycles. The van der Waals surface area contributed by atoms with E-state index in [1.807, 2.05) is 54.8 Å². The Morgan fingerprint density at radius 3 is 2.83 bits per heavy atom. The molecule has 0 saturated carbocycles. The SMILES string of the molecule is CCC(O)c1c(Cc2cccc(OC)c2)nc2ccc(C)cn12. The molecule has 0 spiro atoms. The van der Waals surface area contributed by atoms with Crippen LogP contribution in [-0.2, 0) is 6.42 Å². The predicted molar refractivity (Wildman–Crippen MR) is 91.0 cm³/mol. The number of aryl methyl sites for hydroxylation is 1. The highest BCUT2D eigenvalue weighted by Gasteiger charge is 2.18. The molecule has 1 unspecified atom stereocenters. The standard InChI is InChI=1S/C19H22N2O2/c1-4-17(22)19-16(11-14-6-5-7-15(10-14)23-3)20-18-9-8-13(2)12-21(18)19/h5-10,12,17,22H,4,11H2,1-3H3. The number of hydrogen-bond acceptors (Lipinski definition) is 3. The van der Waals surface area contributed by atoms with Crippen LogP contribution in [0.1, 0.15) is 42.0 Å². The molecule has 2 aromatic heterocycles. The lowest BCUT2D eigenvalue weighted by Gasteiger charge is -2.11. The van der Waals surface area contributed by atoms with Gasteiger partial charge in [0.1, 0.15) is 11.4 Å². The largest absolute Gasteiger partial charge is 0.497 e. The maximum atomic E-state index is 10.5. The molecule has 1 N–H and O–H groups in total. The first-order valence-corrected chi connectivity index (χ1v) is 7.91. The fourth-order valence-corrected chi connectivity index (χ4v) is 2.87. The van der Waals surface area contributed by atoms with Crippen LogP contribution in [0.3, 0.4) is 0 Å². The number of fused-ring (bicyclic) bond motifs is 1. The van der Waals surface area contributed by atoms with Crippen LogP contribution >= 0.6 is 0 Å².